The first kappa shape index (κ1) is 19.1. The number of hydrogen-bond acceptors (Lipinski definition) is 4. The number of benzene rings is 2. The smallest absolute Gasteiger partial charge is 0.233 e. The van der Waals surface area contributed by atoms with Gasteiger partial charge in [-0.1, -0.05) is 19.1 Å². The maximum absolute atomic E-state index is 12.7. The van der Waals surface area contributed by atoms with Crippen LogP contribution in [0.25, 0.3) is 11.3 Å². The number of rotatable bonds is 6. The zero-order chi connectivity index (χ0) is 19.4. The molecule has 1 aromatic heterocycles. The van der Waals surface area contributed by atoms with Gasteiger partial charge in [-0.15, -0.1) is 11.3 Å². The van der Waals surface area contributed by atoms with Crippen molar-refractivity contribution in [3.05, 3.63) is 59.0 Å². The van der Waals surface area contributed by atoms with Crippen LogP contribution in [0.5, 0.6) is 5.75 Å². The maximum atomic E-state index is 12.7. The van der Waals surface area contributed by atoms with Crippen molar-refractivity contribution in [2.24, 2.45) is 0 Å². The molecule has 3 rings (SSSR count). The van der Waals surface area contributed by atoms with Gasteiger partial charge >= 0.3 is 0 Å². The van der Waals surface area contributed by atoms with Gasteiger partial charge in [0.05, 0.1) is 18.0 Å². The maximum Gasteiger partial charge on any atom is 0.233 e. The lowest BCUT2D eigenvalue weighted by atomic mass is 10.1. The van der Waals surface area contributed by atoms with Crippen molar-refractivity contribution in [3.8, 4) is 17.0 Å². The van der Waals surface area contributed by atoms with Gasteiger partial charge in [0.1, 0.15) is 5.75 Å². The first-order valence-electron chi connectivity index (χ1n) is 9.13. The third-order valence-electron chi connectivity index (χ3n) is 4.23. The molecule has 0 N–H and O–H groups in total. The summed E-state index contributed by atoms with van der Waals surface area (Å²) in [5, 5.41) is 0.703. The molecular weight excluding hydrogens is 356 g/mol. The van der Waals surface area contributed by atoms with E-state index in [9.17, 15) is 4.79 Å². The quantitative estimate of drug-likeness (QED) is 0.534. The summed E-state index contributed by atoms with van der Waals surface area (Å²) in [4.78, 5) is 20.3. The predicted octanol–water partition coefficient (Wildman–Crippen LogP) is 5.90. The van der Waals surface area contributed by atoms with Crippen LogP contribution in [-0.4, -0.2) is 17.5 Å². The minimum atomic E-state index is 0.0348. The summed E-state index contributed by atoms with van der Waals surface area (Å²) in [6.07, 6.45) is 0.422. The van der Waals surface area contributed by atoms with E-state index in [0.717, 1.165) is 33.1 Å². The number of thiazole rings is 1. The number of nitrogens with zero attached hydrogens (tertiary/aromatic N) is 2. The Morgan fingerprint density at radius 1 is 1.11 bits per heavy atom. The summed E-state index contributed by atoms with van der Waals surface area (Å²) in [5.74, 6) is 0.879. The zero-order valence-corrected chi connectivity index (χ0v) is 17.0. The van der Waals surface area contributed by atoms with Gasteiger partial charge in [-0.05, 0) is 62.7 Å². The second kappa shape index (κ2) is 8.35. The topological polar surface area (TPSA) is 42.4 Å². The predicted molar refractivity (Wildman–Crippen MR) is 112 cm³/mol. The normalized spacial score (nSPS) is 10.7. The van der Waals surface area contributed by atoms with E-state index >= 15 is 0 Å². The fraction of sp³-hybridized carbons (Fsp3) is 0.273. The Morgan fingerprint density at radius 2 is 1.85 bits per heavy atom. The Hall–Kier alpha value is -2.66. The van der Waals surface area contributed by atoms with Crippen molar-refractivity contribution in [3.63, 3.8) is 0 Å². The third kappa shape index (κ3) is 4.19. The van der Waals surface area contributed by atoms with E-state index < -0.39 is 0 Å². The summed E-state index contributed by atoms with van der Waals surface area (Å²) < 4.78 is 5.51. The van der Waals surface area contributed by atoms with Crippen molar-refractivity contribution >= 4 is 28.1 Å². The number of hydrogen-bond donors (Lipinski definition) is 0. The lowest BCUT2D eigenvalue weighted by molar-refractivity contribution is -0.117. The summed E-state index contributed by atoms with van der Waals surface area (Å²) in [6.45, 7) is 8.55. The standard InChI is InChI=1S/C22H24N2O2S/c1-5-20(25)24(18-9-7-8-15(3)14-18)22-23-21(16(4)27-22)17-10-12-19(13-11-17)26-6-2/h7-14H,5-6H2,1-4H3. The Labute approximate surface area is 164 Å². The molecule has 5 heteroatoms. The highest BCUT2D eigenvalue weighted by Gasteiger charge is 2.22. The molecule has 0 unspecified atom stereocenters. The molecule has 3 aromatic rings. The number of aromatic nitrogens is 1. The highest BCUT2D eigenvalue weighted by atomic mass is 32.1. The van der Waals surface area contributed by atoms with Crippen molar-refractivity contribution in [2.75, 3.05) is 11.5 Å². The highest BCUT2D eigenvalue weighted by Crippen LogP contribution is 2.36. The molecule has 1 heterocycles. The molecule has 0 aliphatic carbocycles. The Bertz CT molecular complexity index is 932. The van der Waals surface area contributed by atoms with Gasteiger partial charge in [0, 0.05) is 16.9 Å². The molecule has 140 valence electrons. The monoisotopic (exact) mass is 380 g/mol. The lowest BCUT2D eigenvalue weighted by Crippen LogP contribution is -2.24. The van der Waals surface area contributed by atoms with Crippen molar-refractivity contribution in [2.45, 2.75) is 34.1 Å². The molecule has 0 atom stereocenters. The summed E-state index contributed by atoms with van der Waals surface area (Å²) >= 11 is 1.54. The van der Waals surface area contributed by atoms with Crippen molar-refractivity contribution < 1.29 is 9.53 Å². The molecule has 0 spiro atoms. The van der Waals surface area contributed by atoms with E-state index in [1.807, 2.05) is 76.2 Å². The molecule has 0 radical (unpaired) electrons. The minimum Gasteiger partial charge on any atom is -0.494 e. The average molecular weight is 381 g/mol. The van der Waals surface area contributed by atoms with E-state index in [2.05, 4.69) is 0 Å². The molecule has 0 aliphatic heterocycles. The van der Waals surface area contributed by atoms with Crippen LogP contribution in [0, 0.1) is 13.8 Å². The van der Waals surface area contributed by atoms with Gasteiger partial charge in [-0.25, -0.2) is 4.98 Å². The molecule has 0 saturated heterocycles. The summed E-state index contributed by atoms with van der Waals surface area (Å²) in [7, 11) is 0. The van der Waals surface area contributed by atoms with E-state index in [1.54, 1.807) is 4.90 Å². The van der Waals surface area contributed by atoms with Gasteiger partial charge in [-0.2, -0.15) is 0 Å². The Balaban J connectivity index is 2.00. The second-order valence-electron chi connectivity index (χ2n) is 6.28. The van der Waals surface area contributed by atoms with E-state index in [0.29, 0.717) is 18.2 Å². The number of carbonyl (C=O) groups is 1. The second-order valence-corrected chi connectivity index (χ2v) is 7.46. The fourth-order valence-corrected chi connectivity index (χ4v) is 3.88. The summed E-state index contributed by atoms with van der Waals surface area (Å²) in [6, 6.07) is 15.9. The van der Waals surface area contributed by atoms with Crippen LogP contribution < -0.4 is 9.64 Å². The van der Waals surface area contributed by atoms with Crippen LogP contribution in [0.2, 0.25) is 0 Å². The van der Waals surface area contributed by atoms with Crippen LogP contribution in [0.4, 0.5) is 10.8 Å². The van der Waals surface area contributed by atoms with Gasteiger partial charge < -0.3 is 4.74 Å². The number of anilines is 2. The molecule has 2 aromatic carbocycles. The molecule has 0 fully saturated rings. The van der Waals surface area contributed by atoms with E-state index in [4.69, 9.17) is 9.72 Å². The number of amides is 1. The highest BCUT2D eigenvalue weighted by molar-refractivity contribution is 7.16. The molecule has 1 amide bonds. The van der Waals surface area contributed by atoms with Crippen LogP contribution in [0.3, 0.4) is 0 Å². The van der Waals surface area contributed by atoms with Crippen LogP contribution in [0.15, 0.2) is 48.5 Å². The largest absolute Gasteiger partial charge is 0.494 e. The van der Waals surface area contributed by atoms with Crippen LogP contribution in [0.1, 0.15) is 30.7 Å². The number of aryl methyl sites for hydroxylation is 2. The Morgan fingerprint density at radius 3 is 2.48 bits per heavy atom. The lowest BCUT2D eigenvalue weighted by Gasteiger charge is -2.19. The first-order chi connectivity index (χ1) is 13.0. The van der Waals surface area contributed by atoms with Gasteiger partial charge in [-0.3, -0.25) is 9.69 Å². The third-order valence-corrected chi connectivity index (χ3v) is 5.18. The van der Waals surface area contributed by atoms with E-state index in [1.165, 1.54) is 11.3 Å². The minimum absolute atomic E-state index is 0.0348. The Kier molecular flexibility index (Phi) is 5.91. The van der Waals surface area contributed by atoms with Crippen LogP contribution >= 0.6 is 11.3 Å². The molecule has 0 aliphatic rings. The zero-order valence-electron chi connectivity index (χ0n) is 16.2. The SMILES string of the molecule is CCOc1ccc(-c2nc(N(C(=O)CC)c3cccc(C)c3)sc2C)cc1. The summed E-state index contributed by atoms with van der Waals surface area (Å²) in [5.41, 5.74) is 3.89. The van der Waals surface area contributed by atoms with Crippen molar-refractivity contribution in [1.82, 2.24) is 4.98 Å². The van der Waals surface area contributed by atoms with Gasteiger partial charge in [0.25, 0.3) is 0 Å². The number of ether oxygens (including phenoxy) is 1. The molecule has 4 nitrogen and oxygen atoms in total. The number of carbonyl (C=O) groups excluding carboxylic acids is 1. The van der Waals surface area contributed by atoms with Crippen LogP contribution in [-0.2, 0) is 4.79 Å². The first-order valence-corrected chi connectivity index (χ1v) is 9.95. The van der Waals surface area contributed by atoms with Gasteiger partial charge in [0.2, 0.25) is 5.91 Å². The van der Waals surface area contributed by atoms with Gasteiger partial charge in [0.15, 0.2) is 5.13 Å². The van der Waals surface area contributed by atoms with E-state index in [-0.39, 0.29) is 5.91 Å². The fourth-order valence-electron chi connectivity index (χ4n) is 2.91. The molecular formula is C22H24N2O2S. The van der Waals surface area contributed by atoms with Crippen molar-refractivity contribution in [1.29, 1.82) is 0 Å². The molecule has 27 heavy (non-hydrogen) atoms. The average Bonchev–Trinajstić information content (AvgIpc) is 3.04. The molecule has 0 saturated carbocycles. The molecule has 0 bridgehead atoms.